The number of fused-ring (bicyclic) bond motifs is 1. The second-order valence-corrected chi connectivity index (χ2v) is 5.52. The predicted molar refractivity (Wildman–Crippen MR) is 82.7 cm³/mol. The number of nitrogens with one attached hydrogen (secondary N) is 1. The van der Waals surface area contributed by atoms with Crippen LogP contribution in [0.15, 0.2) is 41.2 Å². The number of pyridine rings is 1. The van der Waals surface area contributed by atoms with Gasteiger partial charge in [-0.15, -0.1) is 0 Å². The van der Waals surface area contributed by atoms with Gasteiger partial charge in [0.1, 0.15) is 0 Å². The van der Waals surface area contributed by atoms with Gasteiger partial charge in [0.2, 0.25) is 0 Å². The van der Waals surface area contributed by atoms with Crippen molar-refractivity contribution in [1.29, 1.82) is 0 Å². The van der Waals surface area contributed by atoms with Crippen molar-refractivity contribution in [2.24, 2.45) is 0 Å². The van der Waals surface area contributed by atoms with Gasteiger partial charge in [-0.2, -0.15) is 0 Å². The predicted octanol–water partition coefficient (Wildman–Crippen LogP) is 3.10. The van der Waals surface area contributed by atoms with Crippen molar-refractivity contribution in [3.63, 3.8) is 0 Å². The molecule has 0 radical (unpaired) electrons. The van der Waals surface area contributed by atoms with E-state index in [9.17, 15) is 4.79 Å². The van der Waals surface area contributed by atoms with E-state index in [0.717, 1.165) is 36.5 Å². The lowest BCUT2D eigenvalue weighted by atomic mass is 10.2. The molecule has 1 aromatic carbocycles. The summed E-state index contributed by atoms with van der Waals surface area (Å²) >= 11 is 5.85. The minimum Gasteiger partial charge on any atom is -0.383 e. The van der Waals surface area contributed by atoms with Crippen LogP contribution in [-0.2, 0) is 19.4 Å². The fraction of sp³-hybridized carbons (Fsp3) is 0.312. The second kappa shape index (κ2) is 5.71. The summed E-state index contributed by atoms with van der Waals surface area (Å²) in [7, 11) is 0. The summed E-state index contributed by atoms with van der Waals surface area (Å²) in [5, 5.41) is 4.05. The number of aromatic nitrogens is 1. The highest BCUT2D eigenvalue weighted by Gasteiger charge is 2.15. The van der Waals surface area contributed by atoms with E-state index in [1.807, 2.05) is 34.9 Å². The molecule has 104 valence electrons. The first-order chi connectivity index (χ1) is 9.74. The van der Waals surface area contributed by atoms with Crippen molar-refractivity contribution in [2.45, 2.75) is 25.8 Å². The molecule has 4 heteroatoms. The van der Waals surface area contributed by atoms with Gasteiger partial charge >= 0.3 is 0 Å². The first-order valence-corrected chi connectivity index (χ1v) is 7.33. The molecule has 0 saturated heterocycles. The fourth-order valence-corrected chi connectivity index (χ4v) is 2.88. The Labute approximate surface area is 123 Å². The minimum absolute atomic E-state index is 0.101. The van der Waals surface area contributed by atoms with E-state index >= 15 is 0 Å². The molecule has 3 rings (SSSR count). The summed E-state index contributed by atoms with van der Waals surface area (Å²) in [5.74, 6) is 0. The van der Waals surface area contributed by atoms with Gasteiger partial charge in [0.15, 0.2) is 0 Å². The Bertz CT molecular complexity index is 661. The Kier molecular flexibility index (Phi) is 3.79. The van der Waals surface area contributed by atoms with E-state index in [1.54, 1.807) is 6.07 Å². The molecule has 1 aromatic heterocycles. The molecule has 0 amide bonds. The summed E-state index contributed by atoms with van der Waals surface area (Å²) in [4.78, 5) is 12.0. The van der Waals surface area contributed by atoms with Gasteiger partial charge in [0, 0.05) is 35.6 Å². The number of nitrogens with zero attached hydrogens (tertiary/aromatic N) is 1. The van der Waals surface area contributed by atoms with E-state index in [4.69, 9.17) is 11.6 Å². The maximum atomic E-state index is 12.0. The van der Waals surface area contributed by atoms with Crippen LogP contribution in [0, 0.1) is 0 Å². The zero-order valence-corrected chi connectivity index (χ0v) is 12.0. The summed E-state index contributed by atoms with van der Waals surface area (Å²) in [6.45, 7) is 1.43. The quantitative estimate of drug-likeness (QED) is 0.938. The highest BCUT2D eigenvalue weighted by molar-refractivity contribution is 6.30. The summed E-state index contributed by atoms with van der Waals surface area (Å²) in [6.07, 6.45) is 3.27. The summed E-state index contributed by atoms with van der Waals surface area (Å²) < 4.78 is 1.91. The molecule has 1 N–H and O–H groups in total. The molecular weight excluding hydrogens is 272 g/mol. The van der Waals surface area contributed by atoms with E-state index in [1.165, 1.54) is 11.3 Å². The Morgan fingerprint density at radius 2 is 1.90 bits per heavy atom. The van der Waals surface area contributed by atoms with Crippen LogP contribution in [0.4, 0.5) is 5.69 Å². The minimum atomic E-state index is 0.101. The normalized spacial score (nSPS) is 13.2. The molecule has 1 aliphatic carbocycles. The van der Waals surface area contributed by atoms with E-state index in [-0.39, 0.29) is 5.56 Å². The average molecular weight is 289 g/mol. The van der Waals surface area contributed by atoms with Crippen molar-refractivity contribution in [1.82, 2.24) is 4.57 Å². The van der Waals surface area contributed by atoms with Crippen molar-refractivity contribution in [3.8, 4) is 0 Å². The number of rotatable bonds is 4. The van der Waals surface area contributed by atoms with Gasteiger partial charge in [0.25, 0.3) is 5.56 Å². The molecule has 2 aromatic rings. The first-order valence-electron chi connectivity index (χ1n) is 6.95. The molecule has 0 unspecified atom stereocenters. The molecule has 0 saturated carbocycles. The van der Waals surface area contributed by atoms with Crippen molar-refractivity contribution < 1.29 is 0 Å². The van der Waals surface area contributed by atoms with Crippen LogP contribution in [-0.4, -0.2) is 11.1 Å². The van der Waals surface area contributed by atoms with Crippen molar-refractivity contribution in [3.05, 3.63) is 63.0 Å². The van der Waals surface area contributed by atoms with Gasteiger partial charge in [-0.25, -0.2) is 0 Å². The molecule has 20 heavy (non-hydrogen) atoms. The average Bonchev–Trinajstić information content (AvgIpc) is 2.92. The number of halogens is 1. The monoisotopic (exact) mass is 288 g/mol. The third kappa shape index (κ3) is 2.73. The van der Waals surface area contributed by atoms with Crippen LogP contribution >= 0.6 is 11.6 Å². The molecule has 3 nitrogen and oxygen atoms in total. The van der Waals surface area contributed by atoms with Gasteiger partial charge in [-0.05, 0) is 49.1 Å². The summed E-state index contributed by atoms with van der Waals surface area (Å²) in [6, 6.07) is 11.3. The van der Waals surface area contributed by atoms with Gasteiger partial charge in [-0.1, -0.05) is 17.7 Å². The topological polar surface area (TPSA) is 34.0 Å². The molecule has 1 aliphatic rings. The van der Waals surface area contributed by atoms with Crippen LogP contribution in [0.3, 0.4) is 0 Å². The number of hydrogen-bond acceptors (Lipinski definition) is 2. The third-order valence-electron chi connectivity index (χ3n) is 3.76. The third-order valence-corrected chi connectivity index (χ3v) is 4.01. The van der Waals surface area contributed by atoms with Crippen molar-refractivity contribution >= 4 is 17.3 Å². The van der Waals surface area contributed by atoms with Crippen LogP contribution < -0.4 is 10.9 Å². The lowest BCUT2D eigenvalue weighted by Gasteiger charge is -2.13. The fourth-order valence-electron chi connectivity index (χ4n) is 2.76. The van der Waals surface area contributed by atoms with Crippen LogP contribution in [0.5, 0.6) is 0 Å². The Morgan fingerprint density at radius 3 is 2.70 bits per heavy atom. The van der Waals surface area contributed by atoms with Gasteiger partial charge < -0.3 is 9.88 Å². The standard InChI is InChI=1S/C16H17ClN2O/c17-13-5-7-14(8-6-13)18-10-11-19-15-3-1-2-12(15)4-9-16(19)20/h4-9,18H,1-3,10-11H2. The zero-order chi connectivity index (χ0) is 13.9. The van der Waals surface area contributed by atoms with E-state index in [0.29, 0.717) is 6.54 Å². The number of aryl methyl sites for hydroxylation is 1. The molecule has 1 heterocycles. The largest absolute Gasteiger partial charge is 0.383 e. The smallest absolute Gasteiger partial charge is 0.250 e. The van der Waals surface area contributed by atoms with E-state index in [2.05, 4.69) is 5.32 Å². The molecule has 0 fully saturated rings. The van der Waals surface area contributed by atoms with Crippen molar-refractivity contribution in [2.75, 3.05) is 11.9 Å². The Morgan fingerprint density at radius 1 is 1.10 bits per heavy atom. The van der Waals surface area contributed by atoms with E-state index < -0.39 is 0 Å². The zero-order valence-electron chi connectivity index (χ0n) is 11.2. The lowest BCUT2D eigenvalue weighted by Crippen LogP contribution is -2.26. The number of benzene rings is 1. The summed E-state index contributed by atoms with van der Waals surface area (Å²) in [5.41, 5.74) is 3.67. The molecule has 0 atom stereocenters. The highest BCUT2D eigenvalue weighted by Crippen LogP contribution is 2.19. The SMILES string of the molecule is O=c1ccc2c(n1CCNc1ccc(Cl)cc1)CCC2. The molecule has 0 aliphatic heterocycles. The number of hydrogen-bond donors (Lipinski definition) is 1. The lowest BCUT2D eigenvalue weighted by molar-refractivity contribution is 0.659. The van der Waals surface area contributed by atoms with Crippen LogP contribution in [0.2, 0.25) is 5.02 Å². The maximum Gasteiger partial charge on any atom is 0.250 e. The maximum absolute atomic E-state index is 12.0. The van der Waals surface area contributed by atoms with Crippen LogP contribution in [0.1, 0.15) is 17.7 Å². The number of anilines is 1. The van der Waals surface area contributed by atoms with Gasteiger partial charge in [0.05, 0.1) is 0 Å². The molecule has 0 spiro atoms. The second-order valence-electron chi connectivity index (χ2n) is 5.08. The van der Waals surface area contributed by atoms with Crippen LogP contribution in [0.25, 0.3) is 0 Å². The Balaban J connectivity index is 1.69. The highest BCUT2D eigenvalue weighted by atomic mass is 35.5. The molecule has 0 bridgehead atoms. The molecular formula is C16H17ClN2O. The first kappa shape index (κ1) is 13.3. The Hall–Kier alpha value is -1.74. The van der Waals surface area contributed by atoms with Gasteiger partial charge in [-0.3, -0.25) is 4.79 Å².